The molecule has 2 aliphatic heterocycles. The third kappa shape index (κ3) is 14.7. The van der Waals surface area contributed by atoms with Crippen molar-refractivity contribution in [3.05, 3.63) is 0 Å². The third-order valence-corrected chi connectivity index (χ3v) is 9.78. The number of fused-ring (bicyclic) bond motifs is 1. The normalized spacial score (nSPS) is 18.2. The highest BCUT2D eigenvalue weighted by Crippen LogP contribution is 2.40. The highest BCUT2D eigenvalue weighted by Gasteiger charge is 2.42. The van der Waals surface area contributed by atoms with E-state index in [9.17, 15) is 33.6 Å². The van der Waals surface area contributed by atoms with Crippen LogP contribution in [0.2, 0.25) is 0 Å². The maximum Gasteiger partial charge on any atom is 0.407 e. The summed E-state index contributed by atoms with van der Waals surface area (Å²) in [6.07, 6.45) is 13.4. The van der Waals surface area contributed by atoms with Crippen molar-refractivity contribution in [3.8, 4) is 24.7 Å². The molecule has 7 amide bonds. The van der Waals surface area contributed by atoms with Gasteiger partial charge in [-0.2, -0.15) is 11.8 Å². The molecule has 16 heteroatoms. The maximum atomic E-state index is 13.9. The summed E-state index contributed by atoms with van der Waals surface area (Å²) in [6.45, 7) is 5.04. The number of nitrogens with one attached hydrogen (secondary N) is 4. The molecule has 282 valence electrons. The first-order chi connectivity index (χ1) is 24.1. The predicted molar refractivity (Wildman–Crippen MR) is 193 cm³/mol. The van der Waals surface area contributed by atoms with E-state index in [1.165, 1.54) is 11.9 Å². The molecular weight excluding hydrogens is 678 g/mol. The Morgan fingerprint density at radius 1 is 0.980 bits per heavy atom. The molecular formula is C35H53N7O8S. The van der Waals surface area contributed by atoms with E-state index in [0.717, 1.165) is 28.4 Å². The Kier molecular flexibility index (Phi) is 17.6. The van der Waals surface area contributed by atoms with Crippen LogP contribution >= 0.6 is 11.8 Å². The quantitative estimate of drug-likeness (QED) is 0.106. The minimum atomic E-state index is -1.28. The molecule has 2 aliphatic rings. The number of amides is 7. The second kappa shape index (κ2) is 21.0. The van der Waals surface area contributed by atoms with E-state index < -0.39 is 60.4 Å². The van der Waals surface area contributed by atoms with Crippen molar-refractivity contribution in [3.63, 3.8) is 0 Å². The number of carbonyl (C=O) groups excluding carboxylic acids is 7. The van der Waals surface area contributed by atoms with Crippen LogP contribution in [-0.2, 0) is 33.5 Å². The third-order valence-electron chi connectivity index (χ3n) is 8.22. The van der Waals surface area contributed by atoms with Crippen molar-refractivity contribution in [2.45, 2.75) is 89.2 Å². The van der Waals surface area contributed by atoms with Crippen molar-refractivity contribution in [2.75, 3.05) is 58.6 Å². The lowest BCUT2D eigenvalue weighted by atomic mass is 9.94. The Labute approximate surface area is 305 Å². The van der Waals surface area contributed by atoms with Crippen LogP contribution in [0, 0.1) is 30.6 Å². The number of rotatable bonds is 19. The molecule has 0 radical (unpaired) electrons. The van der Waals surface area contributed by atoms with E-state index in [2.05, 4.69) is 33.1 Å². The van der Waals surface area contributed by atoms with Crippen LogP contribution in [0.25, 0.3) is 0 Å². The zero-order valence-electron chi connectivity index (χ0n) is 30.4. The van der Waals surface area contributed by atoms with E-state index in [1.54, 1.807) is 20.8 Å². The van der Waals surface area contributed by atoms with E-state index >= 15 is 0 Å². The fraction of sp³-hybridized carbons (Fsp3) is 0.686. The van der Waals surface area contributed by atoms with Crippen LogP contribution in [0.5, 0.6) is 0 Å². The molecule has 0 bridgehead atoms. The second-order valence-electron chi connectivity index (χ2n) is 13.5. The molecule has 51 heavy (non-hydrogen) atoms. The van der Waals surface area contributed by atoms with Crippen molar-refractivity contribution >= 4 is 53.3 Å². The smallest absolute Gasteiger partial charge is 0.407 e. The first-order valence-electron chi connectivity index (χ1n) is 17.2. The average molecular weight is 732 g/mol. The maximum absolute atomic E-state index is 13.9. The molecule has 0 aliphatic carbocycles. The number of alkyl carbamates (subject to hydrolysis) is 1. The zero-order valence-corrected chi connectivity index (χ0v) is 31.2. The monoisotopic (exact) mass is 731 g/mol. The van der Waals surface area contributed by atoms with Crippen LogP contribution < -0.4 is 21.3 Å². The van der Waals surface area contributed by atoms with E-state index in [-0.39, 0.29) is 51.1 Å². The summed E-state index contributed by atoms with van der Waals surface area (Å²) in [5, 5.41) is 11.0. The molecule has 0 saturated carbocycles. The summed E-state index contributed by atoms with van der Waals surface area (Å²) in [4.78, 5) is 93.2. The molecule has 15 nitrogen and oxygen atoms in total. The van der Waals surface area contributed by atoms with Gasteiger partial charge in [-0.15, -0.1) is 12.8 Å². The summed E-state index contributed by atoms with van der Waals surface area (Å²) in [6, 6.07) is -1.07. The molecule has 2 heterocycles. The zero-order chi connectivity index (χ0) is 38.1. The fourth-order valence-corrected chi connectivity index (χ4v) is 7.41. The Bertz CT molecular complexity index is 1350. The Morgan fingerprint density at radius 2 is 1.63 bits per heavy atom. The van der Waals surface area contributed by atoms with Gasteiger partial charge in [-0.05, 0) is 40.0 Å². The van der Waals surface area contributed by atoms with Gasteiger partial charge in [-0.25, -0.2) is 4.79 Å². The van der Waals surface area contributed by atoms with Crippen molar-refractivity contribution in [1.82, 2.24) is 36.0 Å². The lowest BCUT2D eigenvalue weighted by molar-refractivity contribution is -0.145. The lowest BCUT2D eigenvalue weighted by Gasteiger charge is -2.30. The summed E-state index contributed by atoms with van der Waals surface area (Å²) in [7, 11) is 1.42. The predicted octanol–water partition coefficient (Wildman–Crippen LogP) is 0.0846. The molecule has 0 aromatic heterocycles. The van der Waals surface area contributed by atoms with Crippen LogP contribution in [0.1, 0.15) is 66.2 Å². The fourth-order valence-electron chi connectivity index (χ4n) is 5.76. The Morgan fingerprint density at radius 3 is 2.25 bits per heavy atom. The van der Waals surface area contributed by atoms with E-state index in [4.69, 9.17) is 17.6 Å². The van der Waals surface area contributed by atoms with Gasteiger partial charge in [0, 0.05) is 49.4 Å². The van der Waals surface area contributed by atoms with Crippen molar-refractivity contribution < 1.29 is 38.3 Å². The van der Waals surface area contributed by atoms with Gasteiger partial charge in [-0.3, -0.25) is 28.8 Å². The minimum absolute atomic E-state index is 0.0853. The number of ether oxygens (including phenoxy) is 1. The largest absolute Gasteiger partial charge is 0.444 e. The number of thioether (sulfide) groups is 1. The molecule has 0 aromatic rings. The molecule has 2 rings (SSSR count). The number of hydrogen-bond donors (Lipinski definition) is 4. The molecule has 0 spiro atoms. The standard InChI is InChI=1S/C35H53N7O8S/c1-8-15-40(20-30(45)36-7)31(46)21-41(16-9-2)32(47)22-42(17-10-3)33(48)25(19-37-34(49)50-35(4,5)6)38-28(43)14-12-11-13-27-24-18-29(44)39-26(24)23-51-27/h1,3,24-27H,9,11-23H2,2,4-7H3,(H,36,45)(H,37,49)(H,38,43)(H,39,44)/t24-,25?,26-,27-/m0/s1. The van der Waals surface area contributed by atoms with Gasteiger partial charge >= 0.3 is 6.09 Å². The lowest BCUT2D eigenvalue weighted by Crippen LogP contribution is -2.56. The highest BCUT2D eigenvalue weighted by atomic mass is 32.2. The summed E-state index contributed by atoms with van der Waals surface area (Å²) in [5.41, 5.74) is -0.815. The molecule has 0 aromatic carbocycles. The van der Waals surface area contributed by atoms with Gasteiger partial charge in [0.25, 0.3) is 0 Å². The van der Waals surface area contributed by atoms with Gasteiger partial charge in [-0.1, -0.05) is 25.2 Å². The van der Waals surface area contributed by atoms with Gasteiger partial charge in [0.05, 0.1) is 26.2 Å². The number of unbranched alkanes of at least 4 members (excludes halogenated alkanes) is 1. The van der Waals surface area contributed by atoms with Crippen LogP contribution in [0.4, 0.5) is 4.79 Å². The number of hydrogen-bond acceptors (Lipinski definition) is 9. The molecule has 2 saturated heterocycles. The van der Waals surface area contributed by atoms with Crippen LogP contribution in [0.3, 0.4) is 0 Å². The molecule has 1 unspecified atom stereocenters. The van der Waals surface area contributed by atoms with E-state index in [0.29, 0.717) is 30.4 Å². The number of likely N-dealkylation sites (N-methyl/N-ethyl adjacent to an activating group) is 1. The molecule has 4 atom stereocenters. The average Bonchev–Trinajstić information content (AvgIpc) is 3.61. The molecule has 2 fully saturated rings. The summed E-state index contributed by atoms with van der Waals surface area (Å²) < 4.78 is 5.29. The first-order valence-corrected chi connectivity index (χ1v) is 18.3. The molecule has 4 N–H and O–H groups in total. The SMILES string of the molecule is C#CCN(CC(=O)NC)C(=O)CN(CCC)C(=O)CN(CC#C)C(=O)C(CNC(=O)OC(C)(C)C)NC(=O)CCCC[C@@H]1SC[C@@H]2NC(=O)C[C@@H]21. The Balaban J connectivity index is 2.12. The van der Waals surface area contributed by atoms with Crippen LogP contribution in [-0.4, -0.2) is 138 Å². The van der Waals surface area contributed by atoms with Gasteiger partial charge in [0.1, 0.15) is 24.7 Å². The van der Waals surface area contributed by atoms with Gasteiger partial charge in [0.2, 0.25) is 35.4 Å². The number of carbonyl (C=O) groups is 7. The first kappa shape index (κ1) is 42.7. The Hall–Kier alpha value is -4.44. The minimum Gasteiger partial charge on any atom is -0.444 e. The summed E-state index contributed by atoms with van der Waals surface area (Å²) in [5.74, 6) is 3.25. The van der Waals surface area contributed by atoms with Crippen molar-refractivity contribution in [1.29, 1.82) is 0 Å². The number of nitrogens with zero attached hydrogens (tertiary/aromatic N) is 3. The van der Waals surface area contributed by atoms with E-state index in [1.807, 2.05) is 18.7 Å². The highest BCUT2D eigenvalue weighted by molar-refractivity contribution is 8.00. The summed E-state index contributed by atoms with van der Waals surface area (Å²) >= 11 is 1.84. The number of terminal acetylenes is 2. The van der Waals surface area contributed by atoms with Crippen molar-refractivity contribution in [2.24, 2.45) is 5.92 Å². The van der Waals surface area contributed by atoms with Gasteiger partial charge in [0.15, 0.2) is 0 Å². The topological polar surface area (TPSA) is 187 Å². The second-order valence-corrected chi connectivity index (χ2v) is 14.8. The van der Waals surface area contributed by atoms with Gasteiger partial charge < -0.3 is 40.7 Å². The van der Waals surface area contributed by atoms with Crippen LogP contribution in [0.15, 0.2) is 0 Å².